The standard InChI is InChI=1S/C16H9ClF3N3O2/c17-11-3-5-12(6-4-11)22-23-14(9-21)15(24)10-1-7-13(8-2-10)25-16(18,19)20/h1-8,22H/b23-14-. The monoisotopic (exact) mass is 367 g/mol. The molecule has 0 saturated carbocycles. The van der Waals surface area contributed by atoms with E-state index in [9.17, 15) is 18.0 Å². The predicted octanol–water partition coefficient (Wildman–Crippen LogP) is 4.41. The van der Waals surface area contributed by atoms with Crippen LogP contribution in [0.3, 0.4) is 0 Å². The van der Waals surface area contributed by atoms with Crippen molar-refractivity contribution in [2.75, 3.05) is 5.43 Å². The molecule has 5 nitrogen and oxygen atoms in total. The minimum Gasteiger partial charge on any atom is -0.406 e. The summed E-state index contributed by atoms with van der Waals surface area (Å²) in [5.74, 6) is -1.22. The number of nitrogens with zero attached hydrogens (tertiary/aromatic N) is 2. The Kier molecular flexibility index (Phi) is 5.62. The number of rotatable bonds is 5. The summed E-state index contributed by atoms with van der Waals surface area (Å²) in [6.07, 6.45) is -4.83. The zero-order valence-corrected chi connectivity index (χ0v) is 13.1. The van der Waals surface area contributed by atoms with Crippen LogP contribution >= 0.6 is 11.6 Å². The Balaban J connectivity index is 2.12. The number of ether oxygens (including phenoxy) is 1. The van der Waals surface area contributed by atoms with Gasteiger partial charge in [0.25, 0.3) is 0 Å². The fourth-order valence-corrected chi connectivity index (χ4v) is 1.84. The highest BCUT2D eigenvalue weighted by atomic mass is 35.5. The number of halogens is 4. The van der Waals surface area contributed by atoms with Crippen molar-refractivity contribution in [3.8, 4) is 11.8 Å². The second kappa shape index (κ2) is 7.68. The molecule has 0 unspecified atom stereocenters. The van der Waals surface area contributed by atoms with Crippen molar-refractivity contribution in [3.05, 3.63) is 59.1 Å². The Morgan fingerprint density at radius 1 is 1.12 bits per heavy atom. The number of Topliss-reactive ketones (excluding diaryl/α,β-unsaturated/α-hetero) is 1. The van der Waals surface area contributed by atoms with Crippen LogP contribution in [0.4, 0.5) is 18.9 Å². The van der Waals surface area contributed by atoms with Crippen molar-refractivity contribution in [1.82, 2.24) is 0 Å². The zero-order valence-electron chi connectivity index (χ0n) is 12.3. The molecule has 2 rings (SSSR count). The van der Waals surface area contributed by atoms with Gasteiger partial charge in [-0.15, -0.1) is 13.2 Å². The van der Waals surface area contributed by atoms with Crippen LogP contribution in [0.25, 0.3) is 0 Å². The summed E-state index contributed by atoms with van der Waals surface area (Å²) < 4.78 is 40.0. The van der Waals surface area contributed by atoms with Crippen LogP contribution < -0.4 is 10.2 Å². The molecule has 0 amide bonds. The van der Waals surface area contributed by atoms with Crippen molar-refractivity contribution < 1.29 is 22.7 Å². The molecular formula is C16H9ClF3N3O2. The van der Waals surface area contributed by atoms with Gasteiger partial charge in [-0.2, -0.15) is 10.4 Å². The number of hydrazone groups is 1. The van der Waals surface area contributed by atoms with E-state index in [1.807, 2.05) is 0 Å². The van der Waals surface area contributed by atoms with Gasteiger partial charge in [0, 0.05) is 10.6 Å². The Morgan fingerprint density at radius 2 is 1.72 bits per heavy atom. The van der Waals surface area contributed by atoms with Crippen molar-refractivity contribution in [2.45, 2.75) is 6.36 Å². The van der Waals surface area contributed by atoms with Crippen molar-refractivity contribution in [2.24, 2.45) is 5.10 Å². The molecule has 9 heteroatoms. The molecule has 0 spiro atoms. The topological polar surface area (TPSA) is 74.5 Å². The summed E-state index contributed by atoms with van der Waals surface area (Å²) in [7, 11) is 0. The molecule has 0 aliphatic carbocycles. The highest BCUT2D eigenvalue weighted by Gasteiger charge is 2.31. The van der Waals surface area contributed by atoms with Crippen LogP contribution in [-0.4, -0.2) is 17.9 Å². The minimum atomic E-state index is -4.83. The maximum Gasteiger partial charge on any atom is 0.573 e. The van der Waals surface area contributed by atoms with Gasteiger partial charge in [-0.05, 0) is 48.5 Å². The van der Waals surface area contributed by atoms with E-state index in [0.29, 0.717) is 10.7 Å². The number of ketones is 1. The van der Waals surface area contributed by atoms with Crippen LogP contribution in [0, 0.1) is 11.3 Å². The number of carbonyl (C=O) groups is 1. The molecule has 128 valence electrons. The first kappa shape index (κ1) is 18.3. The third-order valence-corrected chi connectivity index (χ3v) is 3.06. The third-order valence-electron chi connectivity index (χ3n) is 2.81. The molecule has 0 aliphatic rings. The van der Waals surface area contributed by atoms with E-state index in [-0.39, 0.29) is 5.56 Å². The second-order valence-electron chi connectivity index (χ2n) is 4.59. The van der Waals surface area contributed by atoms with Gasteiger partial charge >= 0.3 is 6.36 Å². The van der Waals surface area contributed by atoms with Gasteiger partial charge in [0.05, 0.1) is 5.69 Å². The van der Waals surface area contributed by atoms with Crippen molar-refractivity contribution in [3.63, 3.8) is 0 Å². The lowest BCUT2D eigenvalue weighted by atomic mass is 10.1. The minimum absolute atomic E-state index is 0.00673. The van der Waals surface area contributed by atoms with E-state index < -0.39 is 23.6 Å². The summed E-state index contributed by atoms with van der Waals surface area (Å²) in [6.45, 7) is 0. The number of anilines is 1. The molecule has 0 aromatic heterocycles. The number of carbonyl (C=O) groups excluding carboxylic acids is 1. The predicted molar refractivity (Wildman–Crippen MR) is 85.6 cm³/mol. The Bertz CT molecular complexity index is 826. The average Bonchev–Trinajstić information content (AvgIpc) is 2.56. The third kappa shape index (κ3) is 5.51. The van der Waals surface area contributed by atoms with E-state index in [2.05, 4.69) is 15.3 Å². The van der Waals surface area contributed by atoms with Gasteiger partial charge in [-0.25, -0.2) is 0 Å². The van der Waals surface area contributed by atoms with Crippen LogP contribution in [0.15, 0.2) is 53.6 Å². The lowest BCUT2D eigenvalue weighted by Gasteiger charge is -2.08. The molecular weight excluding hydrogens is 359 g/mol. The summed E-state index contributed by atoms with van der Waals surface area (Å²) in [4.78, 5) is 12.2. The molecule has 2 aromatic carbocycles. The van der Waals surface area contributed by atoms with Gasteiger partial charge in [0.15, 0.2) is 0 Å². The molecule has 0 radical (unpaired) electrons. The summed E-state index contributed by atoms with van der Waals surface area (Å²) in [5.41, 5.74) is 2.56. The second-order valence-corrected chi connectivity index (χ2v) is 5.03. The number of benzene rings is 2. The number of nitriles is 1. The first-order chi connectivity index (χ1) is 11.8. The lowest BCUT2D eigenvalue weighted by Crippen LogP contribution is -2.17. The number of nitrogens with one attached hydrogen (secondary N) is 1. The highest BCUT2D eigenvalue weighted by molar-refractivity contribution is 6.51. The molecule has 0 heterocycles. The highest BCUT2D eigenvalue weighted by Crippen LogP contribution is 2.23. The molecule has 0 saturated heterocycles. The van der Waals surface area contributed by atoms with Gasteiger partial charge in [0.2, 0.25) is 11.5 Å². The molecule has 2 aromatic rings. The van der Waals surface area contributed by atoms with E-state index >= 15 is 0 Å². The summed E-state index contributed by atoms with van der Waals surface area (Å²) >= 11 is 5.73. The zero-order chi connectivity index (χ0) is 18.4. The van der Waals surface area contributed by atoms with E-state index in [1.165, 1.54) is 0 Å². The first-order valence-electron chi connectivity index (χ1n) is 6.68. The Labute approximate surface area is 145 Å². The molecule has 0 aliphatic heterocycles. The molecule has 0 fully saturated rings. The largest absolute Gasteiger partial charge is 0.573 e. The molecule has 0 bridgehead atoms. The normalized spacial score (nSPS) is 11.6. The van der Waals surface area contributed by atoms with Crippen LogP contribution in [-0.2, 0) is 0 Å². The molecule has 1 N–H and O–H groups in total. The number of alkyl halides is 3. The van der Waals surface area contributed by atoms with Crippen LogP contribution in [0.1, 0.15) is 10.4 Å². The van der Waals surface area contributed by atoms with Gasteiger partial charge in [-0.3, -0.25) is 10.2 Å². The average molecular weight is 368 g/mol. The van der Waals surface area contributed by atoms with E-state index in [1.54, 1.807) is 30.3 Å². The van der Waals surface area contributed by atoms with E-state index in [0.717, 1.165) is 24.3 Å². The number of hydrogen-bond donors (Lipinski definition) is 1. The lowest BCUT2D eigenvalue weighted by molar-refractivity contribution is -0.274. The van der Waals surface area contributed by atoms with Crippen molar-refractivity contribution >= 4 is 28.8 Å². The SMILES string of the molecule is N#C/C(=N/Nc1ccc(Cl)cc1)C(=O)c1ccc(OC(F)(F)F)cc1. The summed E-state index contributed by atoms with van der Waals surface area (Å²) in [6, 6.07) is 12.2. The summed E-state index contributed by atoms with van der Waals surface area (Å²) in [5, 5.41) is 13.3. The maximum absolute atomic E-state index is 12.2. The number of hydrogen-bond acceptors (Lipinski definition) is 5. The van der Waals surface area contributed by atoms with Crippen LogP contribution in [0.2, 0.25) is 5.02 Å². The quantitative estimate of drug-likeness (QED) is 0.482. The molecule has 25 heavy (non-hydrogen) atoms. The fourth-order valence-electron chi connectivity index (χ4n) is 1.72. The smallest absolute Gasteiger partial charge is 0.406 e. The first-order valence-corrected chi connectivity index (χ1v) is 7.06. The van der Waals surface area contributed by atoms with Gasteiger partial charge in [-0.1, -0.05) is 11.6 Å². The Morgan fingerprint density at radius 3 is 2.24 bits per heavy atom. The van der Waals surface area contributed by atoms with Gasteiger partial charge in [0.1, 0.15) is 11.8 Å². The van der Waals surface area contributed by atoms with Gasteiger partial charge < -0.3 is 4.74 Å². The molecule has 0 atom stereocenters. The maximum atomic E-state index is 12.2. The van der Waals surface area contributed by atoms with Crippen molar-refractivity contribution in [1.29, 1.82) is 5.26 Å². The fraction of sp³-hybridized carbons (Fsp3) is 0.0625. The Hall–Kier alpha value is -3.05. The van der Waals surface area contributed by atoms with Crippen LogP contribution in [0.5, 0.6) is 5.75 Å². The van der Waals surface area contributed by atoms with E-state index in [4.69, 9.17) is 16.9 Å².